The molecule has 1 aliphatic rings. The number of rotatable bonds is 5. The highest BCUT2D eigenvalue weighted by Crippen LogP contribution is 2.46. The smallest absolute Gasteiger partial charge is 0.212 e. The number of fused-ring (bicyclic) bond motifs is 5. The lowest BCUT2D eigenvalue weighted by Crippen LogP contribution is -2.16. The van der Waals surface area contributed by atoms with Gasteiger partial charge in [-0.05, 0) is 97.1 Å². The van der Waals surface area contributed by atoms with Crippen LogP contribution in [0.15, 0.2) is 79.1 Å². The molecule has 172 valence electrons. The van der Waals surface area contributed by atoms with E-state index in [1.54, 1.807) is 0 Å². The van der Waals surface area contributed by atoms with Gasteiger partial charge in [0, 0.05) is 16.5 Å². The summed E-state index contributed by atoms with van der Waals surface area (Å²) in [5, 5.41) is 8.06. The summed E-state index contributed by atoms with van der Waals surface area (Å²) in [6.45, 7) is 10.0. The van der Waals surface area contributed by atoms with Crippen LogP contribution < -0.4 is 15.4 Å². The van der Waals surface area contributed by atoms with Crippen molar-refractivity contribution in [3.8, 4) is 28.3 Å². The number of ether oxygens (including phenoxy) is 1. The van der Waals surface area contributed by atoms with Crippen LogP contribution in [0.5, 0.6) is 11.5 Å². The first-order chi connectivity index (χ1) is 16.9. The molecule has 4 aromatic carbocycles. The Kier molecular flexibility index (Phi) is 4.68. The highest BCUT2D eigenvalue weighted by Gasteiger charge is 2.24. The van der Waals surface area contributed by atoms with E-state index in [-0.39, 0.29) is 0 Å². The van der Waals surface area contributed by atoms with Crippen molar-refractivity contribution in [1.82, 2.24) is 9.88 Å². The van der Waals surface area contributed by atoms with Crippen LogP contribution in [-0.2, 0) is 4.79 Å². The van der Waals surface area contributed by atoms with Crippen LogP contribution in [0.25, 0.3) is 38.6 Å². The van der Waals surface area contributed by atoms with Crippen molar-refractivity contribution in [1.29, 1.82) is 0 Å². The highest BCUT2D eigenvalue weighted by atomic mass is 16.5. The van der Waals surface area contributed by atoms with E-state index in [1.165, 1.54) is 21.9 Å². The normalized spacial score (nSPS) is 11.7. The van der Waals surface area contributed by atoms with E-state index in [0.717, 1.165) is 50.6 Å². The van der Waals surface area contributed by atoms with E-state index < -0.39 is 0 Å². The van der Waals surface area contributed by atoms with Crippen molar-refractivity contribution < 1.29 is 9.53 Å². The van der Waals surface area contributed by atoms with E-state index >= 15 is 0 Å². The van der Waals surface area contributed by atoms with Gasteiger partial charge in [0.2, 0.25) is 6.41 Å². The minimum atomic E-state index is 0.444. The zero-order valence-electron chi connectivity index (χ0n) is 19.9. The Morgan fingerprint density at radius 2 is 1.63 bits per heavy atom. The molecule has 0 spiro atoms. The first kappa shape index (κ1) is 21.1. The van der Waals surface area contributed by atoms with Crippen molar-refractivity contribution in [3.63, 3.8) is 0 Å². The molecule has 0 fully saturated rings. The Balaban J connectivity index is 1.52. The molecule has 0 atom stereocenters. The van der Waals surface area contributed by atoms with Gasteiger partial charge in [0.25, 0.3) is 0 Å². The molecule has 2 heterocycles. The summed E-state index contributed by atoms with van der Waals surface area (Å²) in [4.78, 5) is 10.7. The molecule has 0 bridgehead atoms. The van der Waals surface area contributed by atoms with Crippen molar-refractivity contribution in [2.45, 2.75) is 20.8 Å². The molecule has 5 nitrogen and oxygen atoms in total. The lowest BCUT2D eigenvalue weighted by Gasteiger charge is -2.21. The summed E-state index contributed by atoms with van der Waals surface area (Å²) < 4.78 is 8.70. The number of hydrogen-bond acceptors (Lipinski definition) is 3. The van der Waals surface area contributed by atoms with Gasteiger partial charge >= 0.3 is 0 Å². The Morgan fingerprint density at radius 3 is 2.43 bits per heavy atom. The van der Waals surface area contributed by atoms with Crippen LogP contribution in [-0.4, -0.2) is 11.0 Å². The number of anilines is 1. The van der Waals surface area contributed by atoms with Crippen molar-refractivity contribution in [2.75, 3.05) is 5.32 Å². The fourth-order valence-electron chi connectivity index (χ4n) is 5.02. The van der Waals surface area contributed by atoms with Crippen LogP contribution in [0, 0.1) is 20.8 Å². The van der Waals surface area contributed by atoms with Gasteiger partial charge in [0.15, 0.2) is 11.5 Å². The zero-order chi connectivity index (χ0) is 24.3. The molecule has 0 saturated heterocycles. The number of nitrogens with zero attached hydrogens (tertiary/aromatic N) is 1. The summed E-state index contributed by atoms with van der Waals surface area (Å²) in [6.07, 6.45) is 0.611. The van der Waals surface area contributed by atoms with Crippen molar-refractivity contribution >= 4 is 33.9 Å². The van der Waals surface area contributed by atoms with Gasteiger partial charge in [0.1, 0.15) is 5.82 Å². The van der Waals surface area contributed by atoms with E-state index in [0.29, 0.717) is 12.2 Å². The van der Waals surface area contributed by atoms with Crippen molar-refractivity contribution in [2.24, 2.45) is 0 Å². The van der Waals surface area contributed by atoms with E-state index in [9.17, 15) is 4.79 Å². The Bertz CT molecular complexity index is 1690. The van der Waals surface area contributed by atoms with Crippen LogP contribution in [0.3, 0.4) is 0 Å². The minimum Gasteiger partial charge on any atom is -0.453 e. The van der Waals surface area contributed by atoms with Gasteiger partial charge in [0.05, 0.1) is 16.7 Å². The number of aromatic nitrogens is 1. The van der Waals surface area contributed by atoms with Gasteiger partial charge in [-0.2, -0.15) is 0 Å². The van der Waals surface area contributed by atoms with Gasteiger partial charge in [-0.25, -0.2) is 0 Å². The fraction of sp³-hybridized carbons (Fsp3) is 0.100. The van der Waals surface area contributed by atoms with Gasteiger partial charge in [-0.15, -0.1) is 0 Å². The topological polar surface area (TPSA) is 55.3 Å². The molecule has 0 radical (unpaired) electrons. The van der Waals surface area contributed by atoms with E-state index in [2.05, 4.69) is 96.3 Å². The second kappa shape index (κ2) is 7.77. The first-order valence-corrected chi connectivity index (χ1v) is 11.6. The molecule has 0 aliphatic carbocycles. The molecule has 1 aromatic heterocycles. The summed E-state index contributed by atoms with van der Waals surface area (Å²) in [7, 11) is 0. The maximum absolute atomic E-state index is 10.7. The van der Waals surface area contributed by atoms with Crippen LogP contribution in [0.2, 0.25) is 0 Å². The van der Waals surface area contributed by atoms with Crippen LogP contribution in [0.1, 0.15) is 16.7 Å². The second-order valence-corrected chi connectivity index (χ2v) is 9.20. The van der Waals surface area contributed by atoms with Crippen molar-refractivity contribution in [3.05, 3.63) is 95.8 Å². The van der Waals surface area contributed by atoms with Gasteiger partial charge in [-0.1, -0.05) is 24.8 Å². The SMILES string of the molecule is C=C(NC=O)Nc1ccc(-c2ccc3c(c2)c2cc(C)cc4c2n3-c2ccc(C)cc2O4)cc1C. The molecule has 5 heteroatoms. The number of aryl methyl sites for hydroxylation is 3. The number of amides is 1. The average Bonchev–Trinajstić information content (AvgIpc) is 3.15. The predicted molar refractivity (Wildman–Crippen MR) is 142 cm³/mol. The third kappa shape index (κ3) is 3.36. The van der Waals surface area contributed by atoms with Crippen LogP contribution >= 0.6 is 0 Å². The highest BCUT2D eigenvalue weighted by molar-refractivity contribution is 6.13. The van der Waals surface area contributed by atoms with Gasteiger partial charge < -0.3 is 19.9 Å². The van der Waals surface area contributed by atoms with Gasteiger partial charge in [-0.3, -0.25) is 4.79 Å². The van der Waals surface area contributed by atoms with Crippen LogP contribution in [0.4, 0.5) is 5.69 Å². The number of benzene rings is 4. The average molecular weight is 460 g/mol. The summed E-state index contributed by atoms with van der Waals surface area (Å²) >= 11 is 0. The zero-order valence-corrected chi connectivity index (χ0v) is 19.9. The molecule has 1 aliphatic heterocycles. The molecular formula is C30H25N3O2. The summed E-state index contributed by atoms with van der Waals surface area (Å²) in [6, 6.07) is 23.6. The lowest BCUT2D eigenvalue weighted by molar-refractivity contribution is -0.108. The number of carbonyl (C=O) groups is 1. The molecule has 0 unspecified atom stereocenters. The summed E-state index contributed by atoms with van der Waals surface area (Å²) in [5.74, 6) is 2.22. The number of carbonyl (C=O) groups excluding carboxylic acids is 1. The summed E-state index contributed by atoms with van der Waals surface area (Å²) in [5.41, 5.74) is 9.91. The Morgan fingerprint density at radius 1 is 0.857 bits per heavy atom. The Hall–Kier alpha value is -4.51. The molecule has 35 heavy (non-hydrogen) atoms. The third-order valence-electron chi connectivity index (χ3n) is 6.63. The largest absolute Gasteiger partial charge is 0.453 e. The van der Waals surface area contributed by atoms with E-state index in [4.69, 9.17) is 4.74 Å². The standard InChI is InChI=1S/C30H25N3O2/c1-17-5-9-27-28(12-17)35-29-13-18(2)11-24-23-15-22(7-10-26(23)33(27)30(24)29)21-6-8-25(19(3)14-21)32-20(4)31-16-34/h5-16,32H,4H2,1-3H3,(H,31,34). The minimum absolute atomic E-state index is 0.444. The first-order valence-electron chi connectivity index (χ1n) is 11.6. The third-order valence-corrected chi connectivity index (χ3v) is 6.63. The maximum Gasteiger partial charge on any atom is 0.212 e. The van der Waals surface area contributed by atoms with E-state index in [1.807, 2.05) is 13.0 Å². The molecular weight excluding hydrogens is 434 g/mol. The number of nitrogens with one attached hydrogen (secondary N) is 2. The molecule has 0 saturated carbocycles. The predicted octanol–water partition coefficient (Wildman–Crippen LogP) is 7.11. The molecule has 5 aromatic rings. The monoisotopic (exact) mass is 459 g/mol. The molecule has 6 rings (SSSR count). The molecule has 1 amide bonds. The maximum atomic E-state index is 10.7. The second-order valence-electron chi connectivity index (χ2n) is 9.20. The molecule has 2 N–H and O–H groups in total. The number of hydrogen-bond donors (Lipinski definition) is 2. The lowest BCUT2D eigenvalue weighted by atomic mass is 10.00. The quantitative estimate of drug-likeness (QED) is 0.270. The fourth-order valence-corrected chi connectivity index (χ4v) is 5.02. The Labute approximate surface area is 203 Å².